The van der Waals surface area contributed by atoms with Crippen LogP contribution in [0.4, 0.5) is 0 Å². The van der Waals surface area contributed by atoms with Crippen molar-refractivity contribution in [2.75, 3.05) is 6.61 Å². The molecule has 0 saturated carbocycles. The predicted octanol–water partition coefficient (Wildman–Crippen LogP) is 4.21. The van der Waals surface area contributed by atoms with E-state index < -0.39 is 12.0 Å². The van der Waals surface area contributed by atoms with E-state index in [1.54, 1.807) is 30.5 Å². The van der Waals surface area contributed by atoms with E-state index in [0.717, 1.165) is 15.6 Å². The minimum Gasteiger partial charge on any atom is -0.463 e. The third-order valence-corrected chi connectivity index (χ3v) is 6.63. The number of carbonyl (C=O) groups is 1. The molecule has 1 atom stereocenters. The summed E-state index contributed by atoms with van der Waals surface area (Å²) < 4.78 is 8.31. The molecule has 1 aliphatic rings. The number of halogens is 2. The summed E-state index contributed by atoms with van der Waals surface area (Å²) in [6.07, 6.45) is 1.81. The Kier molecular flexibility index (Phi) is 6.27. The summed E-state index contributed by atoms with van der Waals surface area (Å²) in [6, 6.07) is 14.2. The fraction of sp³-hybridized carbons (Fsp3) is 0.174. The standard InChI is InChI=1S/C23H18BrClN2O3S/c1-3-30-22(29)19-13(2)26-23-27(20(19)15-6-8-16(24)9-7-15)21(28)18(31-23)12-14-4-10-17(25)11-5-14/h4-12,20H,3H2,1-2H3. The first-order chi connectivity index (χ1) is 14.9. The van der Waals surface area contributed by atoms with Gasteiger partial charge in [0.05, 0.1) is 28.5 Å². The van der Waals surface area contributed by atoms with Crippen molar-refractivity contribution in [1.82, 2.24) is 4.57 Å². The maximum absolute atomic E-state index is 13.4. The zero-order valence-corrected chi connectivity index (χ0v) is 19.9. The van der Waals surface area contributed by atoms with Crippen molar-refractivity contribution >= 4 is 50.9 Å². The Morgan fingerprint density at radius 3 is 2.55 bits per heavy atom. The average Bonchev–Trinajstić information content (AvgIpc) is 3.04. The number of aromatic nitrogens is 1. The van der Waals surface area contributed by atoms with Gasteiger partial charge in [-0.3, -0.25) is 9.36 Å². The van der Waals surface area contributed by atoms with Crippen LogP contribution in [0.3, 0.4) is 0 Å². The monoisotopic (exact) mass is 516 g/mol. The lowest BCUT2D eigenvalue weighted by atomic mass is 9.96. The minimum atomic E-state index is -0.615. The molecular weight excluding hydrogens is 500 g/mol. The topological polar surface area (TPSA) is 60.7 Å². The van der Waals surface area contributed by atoms with Crippen LogP contribution in [0.1, 0.15) is 31.0 Å². The maximum atomic E-state index is 13.4. The Morgan fingerprint density at radius 2 is 1.90 bits per heavy atom. The molecule has 0 amide bonds. The molecule has 0 bridgehead atoms. The van der Waals surface area contributed by atoms with Crippen molar-refractivity contribution in [3.8, 4) is 0 Å². The summed E-state index contributed by atoms with van der Waals surface area (Å²) in [6.45, 7) is 3.77. The second-order valence-electron chi connectivity index (χ2n) is 6.91. The summed E-state index contributed by atoms with van der Waals surface area (Å²) in [5.74, 6) is -0.469. The van der Waals surface area contributed by atoms with Crippen LogP contribution in [0.2, 0.25) is 5.02 Å². The molecule has 1 unspecified atom stereocenters. The number of hydrogen-bond acceptors (Lipinski definition) is 5. The molecule has 3 aromatic rings. The van der Waals surface area contributed by atoms with Gasteiger partial charge < -0.3 is 4.74 Å². The summed E-state index contributed by atoms with van der Waals surface area (Å²) in [5, 5.41) is 0.628. The van der Waals surface area contributed by atoms with Gasteiger partial charge in [-0.25, -0.2) is 9.79 Å². The smallest absolute Gasteiger partial charge is 0.338 e. The number of esters is 1. The summed E-state index contributed by atoms with van der Waals surface area (Å²) in [5.41, 5.74) is 2.37. The largest absolute Gasteiger partial charge is 0.463 e. The van der Waals surface area contributed by atoms with Gasteiger partial charge in [-0.2, -0.15) is 0 Å². The van der Waals surface area contributed by atoms with Crippen molar-refractivity contribution in [2.45, 2.75) is 19.9 Å². The van der Waals surface area contributed by atoms with E-state index in [0.29, 0.717) is 25.6 Å². The molecule has 0 N–H and O–H groups in total. The highest BCUT2D eigenvalue weighted by molar-refractivity contribution is 9.10. The summed E-state index contributed by atoms with van der Waals surface area (Å²) in [4.78, 5) is 31.4. The van der Waals surface area contributed by atoms with Crippen LogP contribution in [0.15, 0.2) is 74.1 Å². The van der Waals surface area contributed by atoms with Crippen LogP contribution >= 0.6 is 38.9 Å². The molecule has 0 radical (unpaired) electrons. The highest BCUT2D eigenvalue weighted by atomic mass is 79.9. The highest BCUT2D eigenvalue weighted by Crippen LogP contribution is 2.31. The Morgan fingerprint density at radius 1 is 1.23 bits per heavy atom. The normalized spacial score (nSPS) is 16.1. The van der Waals surface area contributed by atoms with Crippen molar-refractivity contribution in [1.29, 1.82) is 0 Å². The van der Waals surface area contributed by atoms with Gasteiger partial charge in [-0.05, 0) is 55.3 Å². The SMILES string of the molecule is CCOC(=O)C1=C(C)N=c2sc(=Cc3ccc(Cl)cc3)c(=O)n2C1c1ccc(Br)cc1. The van der Waals surface area contributed by atoms with Crippen LogP contribution < -0.4 is 14.9 Å². The van der Waals surface area contributed by atoms with E-state index >= 15 is 0 Å². The van der Waals surface area contributed by atoms with E-state index in [1.807, 2.05) is 42.5 Å². The van der Waals surface area contributed by atoms with E-state index in [2.05, 4.69) is 20.9 Å². The molecule has 8 heteroatoms. The first-order valence-electron chi connectivity index (χ1n) is 9.59. The molecular formula is C23H18BrClN2O3S. The molecule has 158 valence electrons. The molecule has 5 nitrogen and oxygen atoms in total. The van der Waals surface area contributed by atoms with Crippen molar-refractivity contribution < 1.29 is 9.53 Å². The molecule has 4 rings (SSSR count). The number of hydrogen-bond donors (Lipinski definition) is 0. The second-order valence-corrected chi connectivity index (χ2v) is 9.27. The van der Waals surface area contributed by atoms with Gasteiger partial charge in [0, 0.05) is 9.50 Å². The minimum absolute atomic E-state index is 0.207. The molecule has 0 fully saturated rings. The van der Waals surface area contributed by atoms with Crippen molar-refractivity contribution in [2.24, 2.45) is 4.99 Å². The molecule has 0 spiro atoms. The number of thiazole rings is 1. The number of fused-ring (bicyclic) bond motifs is 1. The lowest BCUT2D eigenvalue weighted by molar-refractivity contribution is -0.139. The summed E-state index contributed by atoms with van der Waals surface area (Å²) in [7, 11) is 0. The van der Waals surface area contributed by atoms with E-state index in [-0.39, 0.29) is 12.2 Å². The quantitative estimate of drug-likeness (QED) is 0.487. The predicted molar refractivity (Wildman–Crippen MR) is 126 cm³/mol. The highest BCUT2D eigenvalue weighted by Gasteiger charge is 2.33. The van der Waals surface area contributed by atoms with Gasteiger partial charge in [-0.15, -0.1) is 0 Å². The van der Waals surface area contributed by atoms with Crippen LogP contribution in [-0.4, -0.2) is 17.1 Å². The maximum Gasteiger partial charge on any atom is 0.338 e. The summed E-state index contributed by atoms with van der Waals surface area (Å²) >= 11 is 10.7. The Balaban J connectivity index is 1.94. The van der Waals surface area contributed by atoms with Crippen molar-refractivity contribution in [3.05, 3.63) is 100 Å². The Hall–Kier alpha value is -2.48. The van der Waals surface area contributed by atoms with Gasteiger partial charge in [0.1, 0.15) is 0 Å². The molecule has 31 heavy (non-hydrogen) atoms. The van der Waals surface area contributed by atoms with E-state index in [1.165, 1.54) is 11.3 Å². The van der Waals surface area contributed by atoms with Crippen LogP contribution in [0, 0.1) is 0 Å². The molecule has 0 aliphatic carbocycles. The van der Waals surface area contributed by atoms with Crippen molar-refractivity contribution in [3.63, 3.8) is 0 Å². The molecule has 0 saturated heterocycles. The molecule has 2 heterocycles. The fourth-order valence-electron chi connectivity index (χ4n) is 3.46. The van der Waals surface area contributed by atoms with Gasteiger partial charge >= 0.3 is 5.97 Å². The number of allylic oxidation sites excluding steroid dienone is 1. The lowest BCUT2D eigenvalue weighted by Crippen LogP contribution is -2.39. The number of nitrogens with zero attached hydrogens (tertiary/aromatic N) is 2. The number of rotatable bonds is 4. The zero-order valence-electron chi connectivity index (χ0n) is 16.8. The third kappa shape index (κ3) is 4.31. The zero-order chi connectivity index (χ0) is 22.1. The third-order valence-electron chi connectivity index (χ3n) is 4.87. The number of ether oxygens (including phenoxy) is 1. The fourth-order valence-corrected chi connectivity index (χ4v) is 4.90. The van der Waals surface area contributed by atoms with Crippen LogP contribution in [0.25, 0.3) is 6.08 Å². The van der Waals surface area contributed by atoms with E-state index in [4.69, 9.17) is 16.3 Å². The van der Waals surface area contributed by atoms with Gasteiger partial charge in [-0.1, -0.05) is 63.1 Å². The lowest BCUT2D eigenvalue weighted by Gasteiger charge is -2.24. The first kappa shape index (κ1) is 21.7. The van der Waals surface area contributed by atoms with E-state index in [9.17, 15) is 9.59 Å². The van der Waals surface area contributed by atoms with Gasteiger partial charge in [0.15, 0.2) is 4.80 Å². The Labute approximate surface area is 196 Å². The molecule has 1 aliphatic heterocycles. The van der Waals surface area contributed by atoms with Gasteiger partial charge in [0.2, 0.25) is 0 Å². The first-order valence-corrected chi connectivity index (χ1v) is 11.6. The second kappa shape index (κ2) is 8.94. The number of benzene rings is 2. The molecule has 1 aromatic heterocycles. The number of carbonyl (C=O) groups excluding carboxylic acids is 1. The Bertz CT molecular complexity index is 1360. The van der Waals surface area contributed by atoms with Gasteiger partial charge in [0.25, 0.3) is 5.56 Å². The average molecular weight is 518 g/mol. The van der Waals surface area contributed by atoms with Crippen LogP contribution in [-0.2, 0) is 9.53 Å². The molecule has 2 aromatic carbocycles. The van der Waals surface area contributed by atoms with Crippen LogP contribution in [0.5, 0.6) is 0 Å².